The van der Waals surface area contributed by atoms with Gasteiger partial charge in [0.05, 0.1) is 17.0 Å². The van der Waals surface area contributed by atoms with E-state index < -0.39 is 34.1 Å². The van der Waals surface area contributed by atoms with E-state index in [0.717, 1.165) is 28.8 Å². The van der Waals surface area contributed by atoms with Gasteiger partial charge in [-0.1, -0.05) is 17.7 Å². The van der Waals surface area contributed by atoms with Gasteiger partial charge >= 0.3 is 0 Å². The van der Waals surface area contributed by atoms with Crippen molar-refractivity contribution in [1.29, 1.82) is 0 Å². The van der Waals surface area contributed by atoms with Gasteiger partial charge in [0.15, 0.2) is 0 Å². The molecule has 0 heterocycles. The van der Waals surface area contributed by atoms with Gasteiger partial charge in [-0.25, -0.2) is 17.2 Å². The van der Waals surface area contributed by atoms with Crippen molar-refractivity contribution in [2.45, 2.75) is 0 Å². The Kier molecular flexibility index (Phi) is 5.40. The standard InChI is InChI=1S/C15H13ClF2N2O3S/c1-24(22,23)20(12-5-6-14(18)13(16)8-12)9-15(21)19-11-4-2-3-10(17)7-11/h2-8H,9H2,1H3,(H,19,21). The number of rotatable bonds is 5. The summed E-state index contributed by atoms with van der Waals surface area (Å²) >= 11 is 5.65. The number of sulfonamides is 1. The second kappa shape index (κ2) is 7.14. The Morgan fingerprint density at radius 3 is 2.50 bits per heavy atom. The maximum atomic E-state index is 13.2. The fourth-order valence-electron chi connectivity index (χ4n) is 1.94. The first-order valence-electron chi connectivity index (χ1n) is 6.65. The molecule has 5 nitrogen and oxygen atoms in total. The van der Waals surface area contributed by atoms with E-state index in [-0.39, 0.29) is 16.4 Å². The number of nitrogens with zero attached hydrogens (tertiary/aromatic N) is 1. The summed E-state index contributed by atoms with van der Waals surface area (Å²) in [5.74, 6) is -1.94. The van der Waals surface area contributed by atoms with Crippen LogP contribution < -0.4 is 9.62 Å². The highest BCUT2D eigenvalue weighted by molar-refractivity contribution is 7.92. The second-order valence-electron chi connectivity index (χ2n) is 4.93. The largest absolute Gasteiger partial charge is 0.324 e. The van der Waals surface area contributed by atoms with Crippen LogP contribution in [0.15, 0.2) is 42.5 Å². The number of anilines is 2. The molecular weight excluding hydrogens is 362 g/mol. The van der Waals surface area contributed by atoms with Crippen LogP contribution in [0.2, 0.25) is 5.02 Å². The van der Waals surface area contributed by atoms with Crippen molar-refractivity contribution >= 4 is 38.9 Å². The summed E-state index contributed by atoms with van der Waals surface area (Å²) in [6, 6.07) is 8.46. The summed E-state index contributed by atoms with van der Waals surface area (Å²) in [6.07, 6.45) is 0.903. The van der Waals surface area contributed by atoms with Gasteiger partial charge < -0.3 is 5.32 Å². The molecule has 128 valence electrons. The number of benzene rings is 2. The van der Waals surface area contributed by atoms with E-state index in [9.17, 15) is 22.0 Å². The van der Waals surface area contributed by atoms with Gasteiger partial charge in [-0.05, 0) is 36.4 Å². The zero-order chi connectivity index (χ0) is 17.9. The number of carbonyl (C=O) groups is 1. The third-order valence-corrected chi connectivity index (χ3v) is 4.42. The second-order valence-corrected chi connectivity index (χ2v) is 7.24. The fraction of sp³-hybridized carbons (Fsp3) is 0.133. The van der Waals surface area contributed by atoms with Crippen LogP contribution in [0.3, 0.4) is 0 Å². The number of amides is 1. The van der Waals surface area contributed by atoms with Crippen LogP contribution in [-0.4, -0.2) is 27.1 Å². The third-order valence-electron chi connectivity index (χ3n) is 2.99. The lowest BCUT2D eigenvalue weighted by atomic mass is 10.3. The van der Waals surface area contributed by atoms with Gasteiger partial charge in [0, 0.05) is 5.69 Å². The Balaban J connectivity index is 2.23. The zero-order valence-electron chi connectivity index (χ0n) is 12.5. The number of nitrogens with one attached hydrogen (secondary N) is 1. The van der Waals surface area contributed by atoms with E-state index in [1.807, 2.05) is 0 Å². The van der Waals surface area contributed by atoms with E-state index in [1.165, 1.54) is 24.3 Å². The van der Waals surface area contributed by atoms with E-state index in [0.29, 0.717) is 0 Å². The fourth-order valence-corrected chi connectivity index (χ4v) is 2.96. The molecule has 0 fully saturated rings. The van der Waals surface area contributed by atoms with Crippen molar-refractivity contribution in [3.63, 3.8) is 0 Å². The number of hydrogen-bond acceptors (Lipinski definition) is 3. The summed E-state index contributed by atoms with van der Waals surface area (Å²) in [4.78, 5) is 12.1. The molecule has 0 saturated heterocycles. The first-order valence-corrected chi connectivity index (χ1v) is 8.87. The van der Waals surface area contributed by atoms with Crippen LogP contribution in [0.5, 0.6) is 0 Å². The quantitative estimate of drug-likeness (QED) is 0.874. The van der Waals surface area contributed by atoms with Crippen molar-refractivity contribution in [3.8, 4) is 0 Å². The molecule has 24 heavy (non-hydrogen) atoms. The molecule has 2 rings (SSSR count). The smallest absolute Gasteiger partial charge is 0.245 e. The van der Waals surface area contributed by atoms with Crippen molar-refractivity contribution in [2.24, 2.45) is 0 Å². The molecule has 0 unspecified atom stereocenters. The van der Waals surface area contributed by atoms with Crippen molar-refractivity contribution in [3.05, 3.63) is 59.1 Å². The molecule has 2 aromatic rings. The minimum absolute atomic E-state index is 0.0401. The Morgan fingerprint density at radius 1 is 1.21 bits per heavy atom. The molecule has 0 radical (unpaired) electrons. The number of hydrogen-bond donors (Lipinski definition) is 1. The molecule has 0 atom stereocenters. The molecule has 2 aromatic carbocycles. The molecule has 0 aromatic heterocycles. The van der Waals surface area contributed by atoms with Crippen LogP contribution >= 0.6 is 11.6 Å². The molecule has 0 aliphatic carbocycles. The predicted octanol–water partition coefficient (Wildman–Crippen LogP) is 3.02. The highest BCUT2D eigenvalue weighted by Crippen LogP contribution is 2.24. The summed E-state index contributed by atoms with van der Waals surface area (Å²) < 4.78 is 50.9. The van der Waals surface area contributed by atoms with Crippen molar-refractivity contribution in [2.75, 3.05) is 22.4 Å². The van der Waals surface area contributed by atoms with E-state index in [1.54, 1.807) is 0 Å². The SMILES string of the molecule is CS(=O)(=O)N(CC(=O)Nc1cccc(F)c1)c1ccc(F)c(Cl)c1. The van der Waals surface area contributed by atoms with Gasteiger partial charge in [-0.2, -0.15) is 0 Å². The highest BCUT2D eigenvalue weighted by atomic mass is 35.5. The van der Waals surface area contributed by atoms with Crippen LogP contribution in [0.25, 0.3) is 0 Å². The van der Waals surface area contributed by atoms with Gasteiger partial charge in [0.1, 0.15) is 18.2 Å². The van der Waals surface area contributed by atoms with E-state index in [2.05, 4.69) is 5.32 Å². The van der Waals surface area contributed by atoms with Crippen LogP contribution in [-0.2, 0) is 14.8 Å². The zero-order valence-corrected chi connectivity index (χ0v) is 14.0. The summed E-state index contributed by atoms with van der Waals surface area (Å²) in [7, 11) is -3.83. The highest BCUT2D eigenvalue weighted by Gasteiger charge is 2.22. The molecular formula is C15H13ClF2N2O3S. The molecule has 0 saturated carbocycles. The summed E-state index contributed by atoms with van der Waals surface area (Å²) in [5, 5.41) is 2.12. The first kappa shape index (κ1) is 18.2. The number of halogens is 3. The molecule has 0 bridgehead atoms. The molecule has 0 aliphatic rings. The van der Waals surface area contributed by atoms with Gasteiger partial charge in [0.2, 0.25) is 15.9 Å². The molecule has 1 N–H and O–H groups in total. The molecule has 0 aliphatic heterocycles. The van der Waals surface area contributed by atoms with Crippen LogP contribution in [0, 0.1) is 11.6 Å². The molecule has 0 spiro atoms. The predicted molar refractivity (Wildman–Crippen MR) is 88.6 cm³/mol. The normalized spacial score (nSPS) is 11.2. The molecule has 9 heteroatoms. The van der Waals surface area contributed by atoms with Crippen LogP contribution in [0.1, 0.15) is 0 Å². The summed E-state index contributed by atoms with van der Waals surface area (Å²) in [6.45, 7) is -0.572. The number of carbonyl (C=O) groups excluding carboxylic acids is 1. The minimum Gasteiger partial charge on any atom is -0.324 e. The maximum Gasteiger partial charge on any atom is 0.245 e. The lowest BCUT2D eigenvalue weighted by molar-refractivity contribution is -0.114. The van der Waals surface area contributed by atoms with Crippen molar-refractivity contribution < 1.29 is 22.0 Å². The van der Waals surface area contributed by atoms with E-state index in [4.69, 9.17) is 11.6 Å². The van der Waals surface area contributed by atoms with Crippen molar-refractivity contribution in [1.82, 2.24) is 0 Å². The third kappa shape index (κ3) is 4.65. The van der Waals surface area contributed by atoms with Gasteiger partial charge in [0.25, 0.3) is 0 Å². The summed E-state index contributed by atoms with van der Waals surface area (Å²) in [5.41, 5.74) is 0.226. The van der Waals surface area contributed by atoms with Crippen LogP contribution in [0.4, 0.5) is 20.2 Å². The Morgan fingerprint density at radius 2 is 1.92 bits per heavy atom. The lowest BCUT2D eigenvalue weighted by Gasteiger charge is -2.22. The van der Waals surface area contributed by atoms with Gasteiger partial charge in [-0.3, -0.25) is 9.10 Å². The Bertz CT molecular complexity index is 875. The molecule has 1 amide bonds. The average Bonchev–Trinajstić information content (AvgIpc) is 2.47. The Hall–Kier alpha value is -2.19. The monoisotopic (exact) mass is 374 g/mol. The first-order chi connectivity index (χ1) is 11.2. The Labute approximate surface area is 142 Å². The van der Waals surface area contributed by atoms with Gasteiger partial charge in [-0.15, -0.1) is 0 Å². The maximum absolute atomic E-state index is 13.2. The van der Waals surface area contributed by atoms with E-state index >= 15 is 0 Å². The minimum atomic E-state index is -3.83. The average molecular weight is 375 g/mol. The lowest BCUT2D eigenvalue weighted by Crippen LogP contribution is -2.37. The topological polar surface area (TPSA) is 66.5 Å².